The first-order valence-corrected chi connectivity index (χ1v) is 8.00. The van der Waals surface area contributed by atoms with Crippen molar-refractivity contribution in [2.75, 3.05) is 19.9 Å². The summed E-state index contributed by atoms with van der Waals surface area (Å²) in [6.45, 7) is 4.33. The van der Waals surface area contributed by atoms with Gasteiger partial charge in [0.05, 0.1) is 5.60 Å². The number of nitrogens with one attached hydrogen (secondary N) is 1. The summed E-state index contributed by atoms with van der Waals surface area (Å²) in [6.07, 6.45) is 2.23. The fourth-order valence-corrected chi connectivity index (χ4v) is 4.00. The summed E-state index contributed by atoms with van der Waals surface area (Å²) in [5, 5.41) is 3.51. The van der Waals surface area contributed by atoms with E-state index in [4.69, 9.17) is 4.74 Å². The normalized spacial score (nSPS) is 20.3. The van der Waals surface area contributed by atoms with Crippen molar-refractivity contribution in [3.05, 3.63) is 29.8 Å². The first-order chi connectivity index (χ1) is 9.07. The van der Waals surface area contributed by atoms with E-state index in [0.717, 1.165) is 12.8 Å². The summed E-state index contributed by atoms with van der Waals surface area (Å²) in [7, 11) is 3.88. The largest absolute Gasteiger partial charge is 0.379 e. The smallest absolute Gasteiger partial charge is 0.0623 e. The molecule has 1 aliphatic heterocycles. The van der Waals surface area contributed by atoms with Gasteiger partial charge in [0.25, 0.3) is 0 Å². The van der Waals surface area contributed by atoms with Crippen molar-refractivity contribution in [3.8, 4) is 0 Å². The van der Waals surface area contributed by atoms with E-state index < -0.39 is 0 Å². The van der Waals surface area contributed by atoms with Gasteiger partial charge in [-0.05, 0) is 45.4 Å². The van der Waals surface area contributed by atoms with Crippen LogP contribution in [0.1, 0.15) is 38.2 Å². The summed E-state index contributed by atoms with van der Waals surface area (Å²) in [6, 6.07) is 9.35. The number of methoxy groups -OCH3 is 1. The number of hydrogen-bond donors (Lipinski definition) is 1. The Labute approximate surface area is 121 Å². The Bertz CT molecular complexity index is 419. The minimum Gasteiger partial charge on any atom is -0.379 e. The fourth-order valence-electron chi connectivity index (χ4n) is 2.67. The molecule has 3 heteroatoms. The average molecular weight is 279 g/mol. The summed E-state index contributed by atoms with van der Waals surface area (Å²) in [5.41, 5.74) is 1.49. The Balaban J connectivity index is 2.04. The molecule has 0 aliphatic carbocycles. The highest BCUT2D eigenvalue weighted by Gasteiger charge is 2.30. The Morgan fingerprint density at radius 3 is 2.84 bits per heavy atom. The standard InChI is InChI=1S/C16H25NOS/c1-16(2,18-4)10-9-14(17-3)13-11-19-15-8-6-5-7-12(13)15/h5-8,13-14,17H,9-11H2,1-4H3. The molecular formula is C16H25NOS. The van der Waals surface area contributed by atoms with Crippen molar-refractivity contribution in [1.82, 2.24) is 5.32 Å². The average Bonchev–Trinajstić information content (AvgIpc) is 2.84. The molecule has 19 heavy (non-hydrogen) atoms. The van der Waals surface area contributed by atoms with Crippen molar-refractivity contribution in [3.63, 3.8) is 0 Å². The molecule has 0 bridgehead atoms. The van der Waals surface area contributed by atoms with Gasteiger partial charge in [-0.1, -0.05) is 18.2 Å². The molecule has 1 aromatic rings. The molecule has 2 unspecified atom stereocenters. The molecule has 2 atom stereocenters. The number of fused-ring (bicyclic) bond motifs is 1. The summed E-state index contributed by atoms with van der Waals surface area (Å²) in [4.78, 5) is 1.46. The van der Waals surface area contributed by atoms with Crippen molar-refractivity contribution < 1.29 is 4.74 Å². The van der Waals surface area contributed by atoms with E-state index in [1.54, 1.807) is 7.11 Å². The van der Waals surface area contributed by atoms with Crippen molar-refractivity contribution in [2.45, 2.75) is 49.1 Å². The van der Waals surface area contributed by atoms with Gasteiger partial charge >= 0.3 is 0 Å². The van der Waals surface area contributed by atoms with Crippen LogP contribution < -0.4 is 5.32 Å². The van der Waals surface area contributed by atoms with Crippen LogP contribution in [-0.2, 0) is 4.74 Å². The van der Waals surface area contributed by atoms with Crippen LogP contribution in [0.25, 0.3) is 0 Å². The third-order valence-corrected chi connectivity index (χ3v) is 5.41. The third kappa shape index (κ3) is 3.53. The lowest BCUT2D eigenvalue weighted by Gasteiger charge is -2.29. The SMILES string of the molecule is CNC(CCC(C)(C)OC)C1CSc2ccccc21. The maximum atomic E-state index is 5.53. The molecule has 2 nitrogen and oxygen atoms in total. The number of rotatable bonds is 6. The van der Waals surface area contributed by atoms with Crippen LogP contribution in [-0.4, -0.2) is 31.6 Å². The van der Waals surface area contributed by atoms with Crippen LogP contribution in [0.2, 0.25) is 0 Å². The highest BCUT2D eigenvalue weighted by Crippen LogP contribution is 2.42. The number of thioether (sulfide) groups is 1. The molecule has 0 saturated heterocycles. The number of ether oxygens (including phenoxy) is 1. The Morgan fingerprint density at radius 2 is 2.16 bits per heavy atom. The molecule has 0 aromatic heterocycles. The van der Waals surface area contributed by atoms with Gasteiger partial charge in [0.2, 0.25) is 0 Å². The lowest BCUT2D eigenvalue weighted by Crippen LogP contribution is -2.35. The van der Waals surface area contributed by atoms with Crippen molar-refractivity contribution >= 4 is 11.8 Å². The van der Waals surface area contributed by atoms with Crippen LogP contribution in [0.3, 0.4) is 0 Å². The number of benzene rings is 1. The molecule has 0 amide bonds. The minimum absolute atomic E-state index is 0.0274. The predicted octanol–water partition coefficient (Wildman–Crippen LogP) is 3.67. The van der Waals surface area contributed by atoms with E-state index >= 15 is 0 Å². The summed E-state index contributed by atoms with van der Waals surface area (Å²) in [5.74, 6) is 1.82. The highest BCUT2D eigenvalue weighted by molar-refractivity contribution is 7.99. The van der Waals surface area contributed by atoms with E-state index in [0.29, 0.717) is 12.0 Å². The molecule has 0 fully saturated rings. The Morgan fingerprint density at radius 1 is 1.42 bits per heavy atom. The van der Waals surface area contributed by atoms with Gasteiger partial charge in [0.15, 0.2) is 0 Å². The van der Waals surface area contributed by atoms with E-state index in [1.807, 2.05) is 11.8 Å². The van der Waals surface area contributed by atoms with Gasteiger partial charge in [-0.2, -0.15) is 0 Å². The zero-order valence-corrected chi connectivity index (χ0v) is 13.2. The summed E-state index contributed by atoms with van der Waals surface area (Å²) < 4.78 is 5.53. The molecule has 0 spiro atoms. The molecule has 0 saturated carbocycles. The molecule has 2 rings (SSSR count). The lowest BCUT2D eigenvalue weighted by atomic mass is 9.88. The maximum absolute atomic E-state index is 5.53. The van der Waals surface area contributed by atoms with E-state index in [-0.39, 0.29) is 5.60 Å². The molecule has 1 aromatic carbocycles. The monoisotopic (exact) mass is 279 g/mol. The molecule has 0 radical (unpaired) electrons. The third-order valence-electron chi connectivity index (χ3n) is 4.20. The number of likely N-dealkylation sites (N-methyl/N-ethyl adjacent to an activating group) is 1. The van der Waals surface area contributed by atoms with Crippen molar-refractivity contribution in [1.29, 1.82) is 0 Å². The zero-order chi connectivity index (χ0) is 13.9. The molecule has 1 aliphatic rings. The molecular weight excluding hydrogens is 254 g/mol. The second-order valence-corrected chi connectivity index (χ2v) is 6.91. The first kappa shape index (κ1) is 14.9. The fraction of sp³-hybridized carbons (Fsp3) is 0.625. The quantitative estimate of drug-likeness (QED) is 0.858. The van der Waals surface area contributed by atoms with Gasteiger partial charge in [-0.25, -0.2) is 0 Å². The topological polar surface area (TPSA) is 21.3 Å². The van der Waals surface area contributed by atoms with E-state index in [2.05, 4.69) is 50.5 Å². The van der Waals surface area contributed by atoms with Gasteiger partial charge in [-0.3, -0.25) is 0 Å². The van der Waals surface area contributed by atoms with Crippen LogP contribution in [0, 0.1) is 0 Å². The van der Waals surface area contributed by atoms with Crippen LogP contribution in [0.4, 0.5) is 0 Å². The summed E-state index contributed by atoms with van der Waals surface area (Å²) >= 11 is 1.99. The Hall–Kier alpha value is -0.510. The second kappa shape index (κ2) is 6.29. The van der Waals surface area contributed by atoms with Gasteiger partial charge in [0, 0.05) is 29.7 Å². The predicted molar refractivity (Wildman–Crippen MR) is 83.1 cm³/mol. The second-order valence-electron chi connectivity index (χ2n) is 5.85. The van der Waals surface area contributed by atoms with E-state index in [1.165, 1.54) is 16.2 Å². The lowest BCUT2D eigenvalue weighted by molar-refractivity contribution is 0.0114. The molecule has 1 heterocycles. The minimum atomic E-state index is -0.0274. The Kier molecular flexibility index (Phi) is 4.93. The van der Waals surface area contributed by atoms with Gasteiger partial charge < -0.3 is 10.1 Å². The zero-order valence-electron chi connectivity index (χ0n) is 12.4. The van der Waals surface area contributed by atoms with Crippen LogP contribution >= 0.6 is 11.8 Å². The van der Waals surface area contributed by atoms with E-state index in [9.17, 15) is 0 Å². The first-order valence-electron chi connectivity index (χ1n) is 7.01. The maximum Gasteiger partial charge on any atom is 0.0623 e. The number of hydrogen-bond acceptors (Lipinski definition) is 3. The van der Waals surface area contributed by atoms with Crippen LogP contribution in [0.15, 0.2) is 29.2 Å². The molecule has 106 valence electrons. The van der Waals surface area contributed by atoms with Crippen LogP contribution in [0.5, 0.6) is 0 Å². The van der Waals surface area contributed by atoms with Crippen molar-refractivity contribution in [2.24, 2.45) is 0 Å². The molecule has 1 N–H and O–H groups in total. The highest BCUT2D eigenvalue weighted by atomic mass is 32.2. The van der Waals surface area contributed by atoms with Gasteiger partial charge in [-0.15, -0.1) is 11.8 Å². The van der Waals surface area contributed by atoms with Gasteiger partial charge in [0.1, 0.15) is 0 Å².